The van der Waals surface area contributed by atoms with E-state index in [1.807, 2.05) is 6.20 Å². The van der Waals surface area contributed by atoms with Gasteiger partial charge >= 0.3 is 0 Å². The molecule has 0 radical (unpaired) electrons. The first kappa shape index (κ1) is 14.8. The van der Waals surface area contributed by atoms with Gasteiger partial charge in [-0.3, -0.25) is 0 Å². The quantitative estimate of drug-likeness (QED) is 0.896. The largest absolute Gasteiger partial charge is 0.356 e. The van der Waals surface area contributed by atoms with Gasteiger partial charge in [0.25, 0.3) is 0 Å². The molecule has 1 aromatic rings. The lowest BCUT2D eigenvalue weighted by Crippen LogP contribution is -2.32. The Kier molecular flexibility index (Phi) is 5.64. The molecule has 2 rings (SSSR count). The molecule has 0 atom stereocenters. The number of aromatic nitrogens is 1. The molecule has 106 valence electrons. The molecule has 1 saturated heterocycles. The van der Waals surface area contributed by atoms with E-state index in [0.29, 0.717) is 5.92 Å². The molecule has 1 aliphatic rings. The number of nitrogens with zero attached hydrogens (tertiary/aromatic N) is 2. The third kappa shape index (κ3) is 4.46. The van der Waals surface area contributed by atoms with Crippen molar-refractivity contribution >= 4 is 21.7 Å². The number of nitrogens with one attached hydrogen (secondary N) is 1. The average Bonchev–Trinajstić information content (AvgIpc) is 2.39. The van der Waals surface area contributed by atoms with Crippen molar-refractivity contribution < 1.29 is 0 Å². The molecule has 0 bridgehead atoms. The van der Waals surface area contributed by atoms with Crippen LogP contribution in [0.2, 0.25) is 0 Å². The minimum atomic E-state index is 0.679. The highest BCUT2D eigenvalue weighted by molar-refractivity contribution is 9.10. The summed E-state index contributed by atoms with van der Waals surface area (Å²) in [5.74, 6) is 1.85. The molecule has 0 unspecified atom stereocenters. The predicted octanol–water partition coefficient (Wildman–Crippen LogP) is 3.58. The maximum atomic E-state index is 4.64. The van der Waals surface area contributed by atoms with E-state index in [0.717, 1.165) is 30.7 Å². The number of hydrogen-bond acceptors (Lipinski definition) is 3. The summed E-state index contributed by atoms with van der Waals surface area (Å²) in [4.78, 5) is 7.07. The minimum absolute atomic E-state index is 0.679. The van der Waals surface area contributed by atoms with Gasteiger partial charge in [-0.05, 0) is 53.7 Å². The summed E-state index contributed by atoms with van der Waals surface area (Å²) in [7, 11) is 0. The van der Waals surface area contributed by atoms with Gasteiger partial charge in [-0.15, -0.1) is 0 Å². The SMILES string of the molecule is CC(C)CNCc1cc(Br)cnc1N1CCCCC1. The first-order valence-electron chi connectivity index (χ1n) is 7.27. The van der Waals surface area contributed by atoms with Gasteiger partial charge in [-0.25, -0.2) is 4.98 Å². The van der Waals surface area contributed by atoms with Gasteiger partial charge in [-0.1, -0.05) is 13.8 Å². The monoisotopic (exact) mass is 325 g/mol. The van der Waals surface area contributed by atoms with Gasteiger partial charge in [0.1, 0.15) is 5.82 Å². The van der Waals surface area contributed by atoms with E-state index < -0.39 is 0 Å². The first-order valence-corrected chi connectivity index (χ1v) is 8.06. The van der Waals surface area contributed by atoms with Gasteiger partial charge < -0.3 is 10.2 Å². The van der Waals surface area contributed by atoms with Gasteiger partial charge in [0.05, 0.1) is 0 Å². The predicted molar refractivity (Wildman–Crippen MR) is 84.5 cm³/mol. The fourth-order valence-corrected chi connectivity index (χ4v) is 2.87. The number of hydrogen-bond donors (Lipinski definition) is 1. The lowest BCUT2D eigenvalue weighted by molar-refractivity contribution is 0.545. The van der Waals surface area contributed by atoms with E-state index in [2.05, 4.69) is 51.0 Å². The smallest absolute Gasteiger partial charge is 0.133 e. The van der Waals surface area contributed by atoms with Crippen LogP contribution in [0.4, 0.5) is 5.82 Å². The van der Waals surface area contributed by atoms with Crippen LogP contribution < -0.4 is 10.2 Å². The van der Waals surface area contributed by atoms with Crippen molar-refractivity contribution in [1.29, 1.82) is 0 Å². The summed E-state index contributed by atoms with van der Waals surface area (Å²) in [6.45, 7) is 8.70. The summed E-state index contributed by atoms with van der Waals surface area (Å²) in [6, 6.07) is 2.20. The van der Waals surface area contributed by atoms with Crippen molar-refractivity contribution in [2.75, 3.05) is 24.5 Å². The molecule has 0 amide bonds. The fraction of sp³-hybridized carbons (Fsp3) is 0.667. The van der Waals surface area contributed by atoms with Crippen molar-refractivity contribution in [2.45, 2.75) is 39.7 Å². The van der Waals surface area contributed by atoms with Crippen LogP contribution in [0.15, 0.2) is 16.7 Å². The molecule has 2 heterocycles. The minimum Gasteiger partial charge on any atom is -0.356 e. The van der Waals surface area contributed by atoms with Crippen LogP contribution in [0.3, 0.4) is 0 Å². The molecule has 0 aliphatic carbocycles. The van der Waals surface area contributed by atoms with E-state index in [9.17, 15) is 0 Å². The van der Waals surface area contributed by atoms with E-state index >= 15 is 0 Å². The lowest BCUT2D eigenvalue weighted by atomic mass is 10.1. The maximum absolute atomic E-state index is 4.64. The van der Waals surface area contributed by atoms with Gasteiger partial charge in [0, 0.05) is 35.9 Å². The summed E-state index contributed by atoms with van der Waals surface area (Å²) >= 11 is 3.53. The van der Waals surface area contributed by atoms with Crippen molar-refractivity contribution in [1.82, 2.24) is 10.3 Å². The summed E-state index contributed by atoms with van der Waals surface area (Å²) < 4.78 is 1.06. The Balaban J connectivity index is 2.08. The second-order valence-corrected chi connectivity index (χ2v) is 6.62. The van der Waals surface area contributed by atoms with Crippen molar-refractivity contribution in [2.24, 2.45) is 5.92 Å². The Morgan fingerprint density at radius 2 is 2.05 bits per heavy atom. The molecular formula is C15H24BrN3. The molecule has 0 saturated carbocycles. The third-order valence-corrected chi connectivity index (χ3v) is 3.87. The highest BCUT2D eigenvalue weighted by Crippen LogP contribution is 2.24. The zero-order chi connectivity index (χ0) is 13.7. The third-order valence-electron chi connectivity index (χ3n) is 3.43. The zero-order valence-electron chi connectivity index (χ0n) is 12.0. The first-order chi connectivity index (χ1) is 9.16. The number of piperidine rings is 1. The Labute approximate surface area is 124 Å². The van der Waals surface area contributed by atoms with Crippen molar-refractivity contribution in [3.63, 3.8) is 0 Å². The fourth-order valence-electron chi connectivity index (χ4n) is 2.49. The topological polar surface area (TPSA) is 28.2 Å². The number of rotatable bonds is 5. The van der Waals surface area contributed by atoms with E-state index in [1.165, 1.54) is 30.6 Å². The summed E-state index contributed by atoms with van der Waals surface area (Å²) in [5, 5.41) is 3.52. The molecule has 1 aliphatic heterocycles. The standard InChI is InChI=1S/C15H24BrN3/c1-12(2)9-17-10-13-8-14(16)11-18-15(13)19-6-4-3-5-7-19/h8,11-12,17H,3-7,9-10H2,1-2H3. The van der Waals surface area contributed by atoms with Crippen LogP contribution in [-0.4, -0.2) is 24.6 Å². The van der Waals surface area contributed by atoms with Crippen LogP contribution in [0.5, 0.6) is 0 Å². The lowest BCUT2D eigenvalue weighted by Gasteiger charge is -2.29. The Hall–Kier alpha value is -0.610. The second-order valence-electron chi connectivity index (χ2n) is 5.71. The zero-order valence-corrected chi connectivity index (χ0v) is 13.5. The molecular weight excluding hydrogens is 302 g/mol. The van der Waals surface area contributed by atoms with Crippen LogP contribution in [-0.2, 0) is 6.54 Å². The molecule has 3 nitrogen and oxygen atoms in total. The van der Waals surface area contributed by atoms with E-state index in [4.69, 9.17) is 0 Å². The molecule has 19 heavy (non-hydrogen) atoms. The molecule has 4 heteroatoms. The molecule has 0 spiro atoms. The summed E-state index contributed by atoms with van der Waals surface area (Å²) in [5.41, 5.74) is 1.30. The normalized spacial score (nSPS) is 16.1. The molecule has 1 fully saturated rings. The maximum Gasteiger partial charge on any atom is 0.133 e. The van der Waals surface area contributed by atoms with Gasteiger partial charge in [0.2, 0.25) is 0 Å². The number of anilines is 1. The van der Waals surface area contributed by atoms with Crippen LogP contribution in [0.1, 0.15) is 38.7 Å². The molecule has 1 aromatic heterocycles. The Morgan fingerprint density at radius 3 is 2.74 bits per heavy atom. The van der Waals surface area contributed by atoms with Crippen molar-refractivity contribution in [3.05, 3.63) is 22.3 Å². The van der Waals surface area contributed by atoms with E-state index in [1.54, 1.807) is 0 Å². The van der Waals surface area contributed by atoms with Gasteiger partial charge in [-0.2, -0.15) is 0 Å². The van der Waals surface area contributed by atoms with E-state index in [-0.39, 0.29) is 0 Å². The molecule has 0 aromatic carbocycles. The Morgan fingerprint density at radius 1 is 1.32 bits per heavy atom. The van der Waals surface area contributed by atoms with Crippen LogP contribution in [0, 0.1) is 5.92 Å². The van der Waals surface area contributed by atoms with Gasteiger partial charge in [0.15, 0.2) is 0 Å². The highest BCUT2D eigenvalue weighted by atomic mass is 79.9. The highest BCUT2D eigenvalue weighted by Gasteiger charge is 2.16. The van der Waals surface area contributed by atoms with Crippen molar-refractivity contribution in [3.8, 4) is 0 Å². The number of pyridine rings is 1. The Bertz CT molecular complexity index is 400. The summed E-state index contributed by atoms with van der Waals surface area (Å²) in [6.07, 6.45) is 5.84. The average molecular weight is 326 g/mol. The van der Waals surface area contributed by atoms with Crippen LogP contribution in [0.25, 0.3) is 0 Å². The molecule has 1 N–H and O–H groups in total. The second kappa shape index (κ2) is 7.25. The number of halogens is 1. The van der Waals surface area contributed by atoms with Crippen LogP contribution >= 0.6 is 15.9 Å².